The number of nitrogens with zero attached hydrogens (tertiary/aromatic N) is 1. The van der Waals surface area contributed by atoms with Crippen LogP contribution in [0.5, 0.6) is 0 Å². The van der Waals surface area contributed by atoms with Crippen molar-refractivity contribution >= 4 is 36.0 Å². The SMILES string of the molecule is CC(=O)NCC(CNC(C)=O)OCC(=O)O.CC(=O)NCN(C=O)CNC(C)=O. The molecule has 0 aliphatic carbocycles. The van der Waals surface area contributed by atoms with Crippen LogP contribution in [-0.2, 0) is 33.5 Å². The standard InChI is InChI=1S/C9H16N2O5.C7H13N3O3/c1-6(12)10-3-8(4-11-7(2)13)16-5-9(14)15;1-6(12)8-3-10(5-11)4-9-7(2)13/h8H,3-5H2,1-2H3,(H,10,12)(H,11,13)(H,14,15);5H,3-4H2,1-2H3,(H,8,12)(H,9,13). The topological polar surface area (TPSA) is 183 Å². The van der Waals surface area contributed by atoms with Gasteiger partial charge < -0.3 is 36.0 Å². The molecule has 0 atom stereocenters. The van der Waals surface area contributed by atoms with Crippen molar-refractivity contribution in [1.29, 1.82) is 0 Å². The molecule has 0 bridgehead atoms. The van der Waals surface area contributed by atoms with E-state index in [-0.39, 0.29) is 50.1 Å². The highest BCUT2D eigenvalue weighted by Crippen LogP contribution is 1.90. The van der Waals surface area contributed by atoms with Crippen molar-refractivity contribution in [1.82, 2.24) is 26.2 Å². The third-order valence-electron chi connectivity index (χ3n) is 2.81. The van der Waals surface area contributed by atoms with E-state index in [2.05, 4.69) is 21.3 Å². The number of rotatable bonds is 12. The van der Waals surface area contributed by atoms with E-state index in [1.54, 1.807) is 0 Å². The number of amides is 5. The van der Waals surface area contributed by atoms with E-state index < -0.39 is 18.7 Å². The first-order valence-electron chi connectivity index (χ1n) is 8.48. The number of ether oxygens (including phenoxy) is 1. The molecule has 0 aromatic rings. The molecule has 0 spiro atoms. The third kappa shape index (κ3) is 22.7. The maximum Gasteiger partial charge on any atom is 0.329 e. The van der Waals surface area contributed by atoms with Gasteiger partial charge in [-0.1, -0.05) is 0 Å². The van der Waals surface area contributed by atoms with Gasteiger partial charge in [0.1, 0.15) is 6.61 Å². The van der Waals surface area contributed by atoms with E-state index >= 15 is 0 Å². The molecule has 0 fully saturated rings. The second kappa shape index (κ2) is 16.9. The summed E-state index contributed by atoms with van der Waals surface area (Å²) in [6.07, 6.45) is -0.00444. The molecule has 5 N–H and O–H groups in total. The number of carbonyl (C=O) groups is 6. The lowest BCUT2D eigenvalue weighted by atomic mass is 10.3. The minimum Gasteiger partial charge on any atom is -0.480 e. The van der Waals surface area contributed by atoms with Crippen LogP contribution in [-0.4, -0.2) is 85.2 Å². The zero-order valence-electron chi connectivity index (χ0n) is 16.9. The Balaban J connectivity index is 0. The molecule has 0 aromatic heterocycles. The van der Waals surface area contributed by atoms with Crippen LogP contribution in [0, 0.1) is 0 Å². The average Bonchev–Trinajstić information content (AvgIpc) is 2.60. The Kier molecular flexibility index (Phi) is 16.3. The van der Waals surface area contributed by atoms with Gasteiger partial charge >= 0.3 is 5.97 Å². The maximum atomic E-state index is 10.7. The van der Waals surface area contributed by atoms with Gasteiger partial charge in [-0.2, -0.15) is 0 Å². The molecule has 13 nitrogen and oxygen atoms in total. The van der Waals surface area contributed by atoms with E-state index in [9.17, 15) is 28.8 Å². The van der Waals surface area contributed by atoms with Crippen molar-refractivity contribution in [3.8, 4) is 0 Å². The Bertz CT molecular complexity index is 509. The van der Waals surface area contributed by atoms with Crippen molar-refractivity contribution in [2.75, 3.05) is 33.0 Å². The van der Waals surface area contributed by atoms with Gasteiger partial charge in [0.05, 0.1) is 19.4 Å². The van der Waals surface area contributed by atoms with Crippen LogP contribution in [0.15, 0.2) is 0 Å². The summed E-state index contributed by atoms with van der Waals surface area (Å²) in [5.41, 5.74) is 0. The van der Waals surface area contributed by atoms with Gasteiger partial charge in [-0.25, -0.2) is 4.79 Å². The number of nitrogens with one attached hydrogen (secondary N) is 4. The Hall–Kier alpha value is -3.22. The quantitative estimate of drug-likeness (QED) is 0.168. The molecule has 0 heterocycles. The van der Waals surface area contributed by atoms with Crippen molar-refractivity contribution in [2.45, 2.75) is 33.8 Å². The first-order valence-corrected chi connectivity index (χ1v) is 8.48. The van der Waals surface area contributed by atoms with E-state index in [0.717, 1.165) is 0 Å². The van der Waals surface area contributed by atoms with Crippen LogP contribution >= 0.6 is 0 Å². The Morgan fingerprint density at radius 1 is 0.828 bits per heavy atom. The number of carboxylic acids is 1. The lowest BCUT2D eigenvalue weighted by Gasteiger charge is -2.17. The van der Waals surface area contributed by atoms with Crippen LogP contribution in [0.4, 0.5) is 0 Å². The highest BCUT2D eigenvalue weighted by Gasteiger charge is 2.12. The zero-order valence-corrected chi connectivity index (χ0v) is 16.9. The highest BCUT2D eigenvalue weighted by molar-refractivity contribution is 5.74. The number of carboxylic acid groups (broad SMARTS) is 1. The predicted octanol–water partition coefficient (Wildman–Crippen LogP) is -2.64. The molecular weight excluding hydrogens is 390 g/mol. The van der Waals surface area contributed by atoms with E-state index in [1.807, 2.05) is 0 Å². The van der Waals surface area contributed by atoms with Crippen molar-refractivity contribution in [3.63, 3.8) is 0 Å². The molecule has 0 rings (SSSR count). The van der Waals surface area contributed by atoms with E-state index in [1.165, 1.54) is 32.6 Å². The molecule has 13 heteroatoms. The lowest BCUT2D eigenvalue weighted by molar-refractivity contribution is -0.144. The van der Waals surface area contributed by atoms with Crippen LogP contribution < -0.4 is 21.3 Å². The van der Waals surface area contributed by atoms with Gasteiger partial charge in [-0.3, -0.25) is 24.0 Å². The van der Waals surface area contributed by atoms with Gasteiger partial charge in [0.25, 0.3) is 0 Å². The van der Waals surface area contributed by atoms with Crippen molar-refractivity contribution in [2.24, 2.45) is 0 Å². The molecule has 0 saturated carbocycles. The molecular formula is C16H29N5O8. The van der Waals surface area contributed by atoms with Crippen LogP contribution in [0.2, 0.25) is 0 Å². The summed E-state index contributed by atoms with van der Waals surface area (Å²) in [4.78, 5) is 64.1. The minimum absolute atomic E-state index is 0.0963. The van der Waals surface area contributed by atoms with Crippen molar-refractivity contribution in [3.05, 3.63) is 0 Å². The second-order valence-electron chi connectivity index (χ2n) is 5.68. The molecule has 0 radical (unpaired) electrons. The van der Waals surface area contributed by atoms with Crippen molar-refractivity contribution < 1.29 is 38.6 Å². The molecule has 29 heavy (non-hydrogen) atoms. The molecule has 0 aromatic carbocycles. The Morgan fingerprint density at radius 2 is 1.21 bits per heavy atom. The summed E-state index contributed by atoms with van der Waals surface area (Å²) in [6.45, 7) is 5.41. The largest absolute Gasteiger partial charge is 0.480 e. The smallest absolute Gasteiger partial charge is 0.329 e. The molecule has 5 amide bonds. The molecule has 0 saturated heterocycles. The monoisotopic (exact) mass is 419 g/mol. The number of hydrogen-bond donors (Lipinski definition) is 5. The Morgan fingerprint density at radius 3 is 1.48 bits per heavy atom. The second-order valence-corrected chi connectivity index (χ2v) is 5.68. The maximum absolute atomic E-state index is 10.7. The summed E-state index contributed by atoms with van der Waals surface area (Å²) in [6, 6.07) is 0. The highest BCUT2D eigenvalue weighted by atomic mass is 16.5. The fourth-order valence-corrected chi connectivity index (χ4v) is 1.45. The van der Waals surface area contributed by atoms with E-state index in [4.69, 9.17) is 9.84 Å². The number of hydrogen-bond acceptors (Lipinski definition) is 7. The van der Waals surface area contributed by atoms with Gasteiger partial charge in [0, 0.05) is 40.8 Å². The molecule has 0 unspecified atom stereocenters. The molecule has 166 valence electrons. The first-order chi connectivity index (χ1) is 13.5. The molecule has 0 aliphatic rings. The fraction of sp³-hybridized carbons (Fsp3) is 0.625. The summed E-state index contributed by atoms with van der Waals surface area (Å²) in [5.74, 6) is -2.04. The van der Waals surface area contributed by atoms with Gasteiger partial charge in [0.15, 0.2) is 0 Å². The predicted molar refractivity (Wildman–Crippen MR) is 100 cm³/mol. The van der Waals surface area contributed by atoms with Gasteiger partial charge in [0.2, 0.25) is 30.0 Å². The minimum atomic E-state index is -1.10. The summed E-state index contributed by atoms with van der Waals surface area (Å²) >= 11 is 0. The Labute approximate surface area is 168 Å². The number of carbonyl (C=O) groups excluding carboxylic acids is 5. The van der Waals surface area contributed by atoms with Crippen LogP contribution in [0.1, 0.15) is 27.7 Å². The molecule has 0 aliphatic heterocycles. The lowest BCUT2D eigenvalue weighted by Crippen LogP contribution is -2.42. The zero-order chi connectivity index (χ0) is 22.8. The summed E-state index contributed by atoms with van der Waals surface area (Å²) < 4.78 is 4.98. The van der Waals surface area contributed by atoms with Crippen LogP contribution in [0.25, 0.3) is 0 Å². The van der Waals surface area contributed by atoms with Crippen LogP contribution in [0.3, 0.4) is 0 Å². The van der Waals surface area contributed by atoms with Gasteiger partial charge in [-0.05, 0) is 0 Å². The summed E-state index contributed by atoms with van der Waals surface area (Å²) in [5, 5.41) is 18.2. The average molecular weight is 419 g/mol. The summed E-state index contributed by atoms with van der Waals surface area (Å²) in [7, 11) is 0. The van der Waals surface area contributed by atoms with Gasteiger partial charge in [-0.15, -0.1) is 0 Å². The normalized spacial score (nSPS) is 9.41. The third-order valence-corrected chi connectivity index (χ3v) is 2.81. The van der Waals surface area contributed by atoms with E-state index in [0.29, 0.717) is 6.41 Å². The fourth-order valence-electron chi connectivity index (χ4n) is 1.45. The number of aliphatic carboxylic acids is 1. The first kappa shape index (κ1) is 28.0.